The molecular weight excluding hydrogens is 534 g/mol. The van der Waals surface area contributed by atoms with E-state index in [-0.39, 0.29) is 23.2 Å². The first-order valence-electron chi connectivity index (χ1n) is 10.1. The molecule has 0 saturated heterocycles. The van der Waals surface area contributed by atoms with Crippen LogP contribution in [0.25, 0.3) is 0 Å². The number of likely N-dealkylation sites (N-methyl/N-ethyl adjacent to an activating group) is 1. The Balaban J connectivity index is 2.41. The lowest BCUT2D eigenvalue weighted by atomic mass is 10.1. The predicted octanol–water partition coefficient (Wildman–Crippen LogP) is 3.43. The van der Waals surface area contributed by atoms with Crippen molar-refractivity contribution in [2.24, 2.45) is 0 Å². The second kappa shape index (κ2) is 11.7. The normalized spacial score (nSPS) is 12.1. The van der Waals surface area contributed by atoms with Crippen LogP contribution in [0.15, 0.2) is 46.9 Å². The summed E-state index contributed by atoms with van der Waals surface area (Å²) in [5, 5.41) is 2.91. The van der Waals surface area contributed by atoms with Gasteiger partial charge in [-0.2, -0.15) is 0 Å². The van der Waals surface area contributed by atoms with Gasteiger partial charge in [-0.25, -0.2) is 8.42 Å². The van der Waals surface area contributed by atoms with Crippen molar-refractivity contribution < 1.29 is 22.7 Å². The Labute approximate surface area is 208 Å². The fourth-order valence-corrected chi connectivity index (χ4v) is 4.70. The van der Waals surface area contributed by atoms with Gasteiger partial charge in [-0.3, -0.25) is 13.9 Å². The average Bonchev–Trinajstić information content (AvgIpc) is 2.74. The molecule has 2 rings (SSSR count). The second-order valence-corrected chi connectivity index (χ2v) is 10.5. The van der Waals surface area contributed by atoms with E-state index in [9.17, 15) is 18.0 Å². The van der Waals surface area contributed by atoms with Gasteiger partial charge < -0.3 is 15.0 Å². The summed E-state index contributed by atoms with van der Waals surface area (Å²) < 4.78 is 32.0. The van der Waals surface area contributed by atoms with E-state index in [2.05, 4.69) is 21.2 Å². The third-order valence-electron chi connectivity index (χ3n) is 4.86. The Morgan fingerprint density at radius 2 is 1.91 bits per heavy atom. The number of carbonyl (C=O) groups excluding carboxylic acids is 2. The molecule has 2 aromatic carbocycles. The lowest BCUT2D eigenvalue weighted by molar-refractivity contribution is -0.139. The molecule has 0 saturated carbocycles. The van der Waals surface area contributed by atoms with E-state index < -0.39 is 28.5 Å². The van der Waals surface area contributed by atoms with Crippen LogP contribution in [0.4, 0.5) is 5.69 Å². The Hall–Kier alpha value is -2.30. The molecule has 2 amide bonds. The van der Waals surface area contributed by atoms with Crippen LogP contribution >= 0.6 is 27.5 Å². The molecule has 180 valence electrons. The number of nitrogens with one attached hydrogen (secondary N) is 1. The van der Waals surface area contributed by atoms with Crippen molar-refractivity contribution >= 4 is 55.1 Å². The molecule has 2 aromatic rings. The molecule has 1 atom stereocenters. The molecular formula is C22H27BrClN3O5S. The summed E-state index contributed by atoms with van der Waals surface area (Å²) in [7, 11) is -2.39. The monoisotopic (exact) mass is 559 g/mol. The van der Waals surface area contributed by atoms with Gasteiger partial charge in [-0.1, -0.05) is 39.7 Å². The van der Waals surface area contributed by atoms with Crippen LogP contribution in [0.5, 0.6) is 5.75 Å². The number of benzene rings is 2. The number of anilines is 1. The molecule has 0 aliphatic carbocycles. The van der Waals surface area contributed by atoms with Crippen molar-refractivity contribution in [2.75, 3.05) is 30.8 Å². The Morgan fingerprint density at radius 1 is 1.21 bits per heavy atom. The zero-order chi connectivity index (χ0) is 24.8. The average molecular weight is 561 g/mol. The molecule has 0 radical (unpaired) electrons. The van der Waals surface area contributed by atoms with E-state index in [0.717, 1.165) is 20.6 Å². The standard InChI is InChI=1S/C22H27BrClN3O5S/c1-5-25-22(29)15(2)26(13-16-7-6-8-17(23)11-16)21(28)14-27(33(4,30)31)18-9-10-20(32-3)19(24)12-18/h6-12,15H,5,13-14H2,1-4H3,(H,25,29)/t15-/m0/s1. The summed E-state index contributed by atoms with van der Waals surface area (Å²) in [5.41, 5.74) is 0.997. The molecule has 1 N–H and O–H groups in total. The molecule has 33 heavy (non-hydrogen) atoms. The number of carbonyl (C=O) groups is 2. The van der Waals surface area contributed by atoms with Gasteiger partial charge in [0.05, 0.1) is 24.1 Å². The first-order valence-corrected chi connectivity index (χ1v) is 13.1. The topological polar surface area (TPSA) is 96.0 Å². The zero-order valence-corrected chi connectivity index (χ0v) is 22.0. The van der Waals surface area contributed by atoms with E-state index in [1.165, 1.54) is 30.2 Å². The highest BCUT2D eigenvalue weighted by atomic mass is 79.9. The fraction of sp³-hybridized carbons (Fsp3) is 0.364. The van der Waals surface area contributed by atoms with Crippen LogP contribution < -0.4 is 14.4 Å². The molecule has 0 fully saturated rings. The lowest BCUT2D eigenvalue weighted by Gasteiger charge is -2.31. The summed E-state index contributed by atoms with van der Waals surface area (Å²) in [6, 6.07) is 11.0. The largest absolute Gasteiger partial charge is 0.495 e. The van der Waals surface area contributed by atoms with Crippen molar-refractivity contribution in [1.82, 2.24) is 10.2 Å². The maximum Gasteiger partial charge on any atom is 0.244 e. The van der Waals surface area contributed by atoms with Crippen molar-refractivity contribution in [3.8, 4) is 5.75 Å². The number of methoxy groups -OCH3 is 1. The Bertz CT molecular complexity index is 1110. The highest BCUT2D eigenvalue weighted by Gasteiger charge is 2.30. The number of halogens is 2. The molecule has 0 heterocycles. The van der Waals surface area contributed by atoms with Gasteiger partial charge in [-0.15, -0.1) is 0 Å². The minimum Gasteiger partial charge on any atom is -0.495 e. The smallest absolute Gasteiger partial charge is 0.244 e. The van der Waals surface area contributed by atoms with Gasteiger partial charge in [0.2, 0.25) is 21.8 Å². The number of hydrogen-bond donors (Lipinski definition) is 1. The summed E-state index contributed by atoms with van der Waals surface area (Å²) in [6.45, 7) is 3.42. The van der Waals surface area contributed by atoms with Crippen molar-refractivity contribution in [3.63, 3.8) is 0 Å². The predicted molar refractivity (Wildman–Crippen MR) is 133 cm³/mol. The minimum absolute atomic E-state index is 0.123. The van der Waals surface area contributed by atoms with Gasteiger partial charge in [0, 0.05) is 17.6 Å². The number of ether oxygens (including phenoxy) is 1. The van der Waals surface area contributed by atoms with Crippen molar-refractivity contribution in [2.45, 2.75) is 26.4 Å². The van der Waals surface area contributed by atoms with Crippen LogP contribution in [0.1, 0.15) is 19.4 Å². The molecule has 11 heteroatoms. The van der Waals surface area contributed by atoms with E-state index in [1.807, 2.05) is 24.3 Å². The number of amides is 2. The van der Waals surface area contributed by atoms with Crippen LogP contribution in [0, 0.1) is 0 Å². The number of rotatable bonds is 10. The molecule has 0 aliphatic rings. The zero-order valence-electron chi connectivity index (χ0n) is 18.8. The highest BCUT2D eigenvalue weighted by molar-refractivity contribution is 9.10. The van der Waals surface area contributed by atoms with E-state index in [1.54, 1.807) is 13.8 Å². The first-order chi connectivity index (χ1) is 15.5. The van der Waals surface area contributed by atoms with Gasteiger partial charge in [0.25, 0.3) is 0 Å². The number of sulfonamides is 1. The second-order valence-electron chi connectivity index (χ2n) is 7.31. The van der Waals surface area contributed by atoms with Crippen LogP contribution in [0.2, 0.25) is 5.02 Å². The van der Waals surface area contributed by atoms with Gasteiger partial charge in [0.1, 0.15) is 18.3 Å². The fourth-order valence-electron chi connectivity index (χ4n) is 3.16. The van der Waals surface area contributed by atoms with Gasteiger partial charge in [0.15, 0.2) is 0 Å². The highest BCUT2D eigenvalue weighted by Crippen LogP contribution is 2.30. The van der Waals surface area contributed by atoms with Crippen LogP contribution in [-0.4, -0.2) is 57.6 Å². The molecule has 8 nitrogen and oxygen atoms in total. The van der Waals surface area contributed by atoms with Crippen molar-refractivity contribution in [3.05, 3.63) is 57.5 Å². The molecule has 0 aromatic heterocycles. The Kier molecular flexibility index (Phi) is 9.57. The quantitative estimate of drug-likeness (QED) is 0.480. The van der Waals surface area contributed by atoms with Crippen LogP contribution in [-0.2, 0) is 26.2 Å². The van der Waals surface area contributed by atoms with Crippen LogP contribution in [0.3, 0.4) is 0 Å². The summed E-state index contributed by atoms with van der Waals surface area (Å²) in [5.74, 6) is -0.494. The van der Waals surface area contributed by atoms with E-state index in [4.69, 9.17) is 16.3 Å². The maximum absolute atomic E-state index is 13.4. The lowest BCUT2D eigenvalue weighted by Crippen LogP contribution is -2.51. The third kappa shape index (κ3) is 7.35. The SMILES string of the molecule is CCNC(=O)[C@H](C)N(Cc1cccc(Br)c1)C(=O)CN(c1ccc(OC)c(Cl)c1)S(C)(=O)=O. The number of hydrogen-bond acceptors (Lipinski definition) is 5. The number of nitrogens with zero attached hydrogens (tertiary/aromatic N) is 2. The molecule has 0 aliphatic heterocycles. The third-order valence-corrected chi connectivity index (χ3v) is 6.79. The Morgan fingerprint density at radius 3 is 2.45 bits per heavy atom. The van der Waals surface area contributed by atoms with E-state index >= 15 is 0 Å². The molecule has 0 bridgehead atoms. The first kappa shape index (κ1) is 26.9. The summed E-state index contributed by atoms with van der Waals surface area (Å²) in [6.07, 6.45) is 1.00. The van der Waals surface area contributed by atoms with E-state index in [0.29, 0.717) is 12.3 Å². The maximum atomic E-state index is 13.4. The molecule has 0 spiro atoms. The molecule has 0 unspecified atom stereocenters. The summed E-state index contributed by atoms with van der Waals surface area (Å²) >= 11 is 9.57. The van der Waals surface area contributed by atoms with Crippen molar-refractivity contribution in [1.29, 1.82) is 0 Å². The van der Waals surface area contributed by atoms with Gasteiger partial charge in [-0.05, 0) is 49.7 Å². The van der Waals surface area contributed by atoms with Gasteiger partial charge >= 0.3 is 0 Å². The minimum atomic E-state index is -3.84. The summed E-state index contributed by atoms with van der Waals surface area (Å²) in [4.78, 5) is 27.3.